The van der Waals surface area contributed by atoms with Crippen molar-refractivity contribution in [3.05, 3.63) is 158 Å². The van der Waals surface area contributed by atoms with E-state index in [0.29, 0.717) is 5.82 Å². The van der Waals surface area contributed by atoms with Crippen LogP contribution in [-0.2, 0) is 0 Å². The number of fused-ring (bicyclic) bond motifs is 4. The summed E-state index contributed by atoms with van der Waals surface area (Å²) in [6.07, 6.45) is 0. The highest BCUT2D eigenvalue weighted by Gasteiger charge is 2.15. The van der Waals surface area contributed by atoms with Gasteiger partial charge in [0, 0.05) is 38.4 Å². The molecule has 4 nitrogen and oxygen atoms in total. The van der Waals surface area contributed by atoms with Crippen molar-refractivity contribution in [2.75, 3.05) is 0 Å². The third kappa shape index (κ3) is 4.64. The van der Waals surface area contributed by atoms with Gasteiger partial charge in [-0.2, -0.15) is 0 Å². The highest BCUT2D eigenvalue weighted by Crippen LogP contribution is 2.35. The average molecular weight is 591 g/mol. The van der Waals surface area contributed by atoms with E-state index in [1.807, 2.05) is 48.5 Å². The third-order valence-corrected chi connectivity index (χ3v) is 8.52. The largest absolute Gasteiger partial charge is 0.456 e. The fourth-order valence-corrected chi connectivity index (χ4v) is 6.16. The molecule has 3 heterocycles. The van der Waals surface area contributed by atoms with Crippen LogP contribution in [0.25, 0.3) is 89.3 Å². The summed E-state index contributed by atoms with van der Waals surface area (Å²) < 4.78 is 12.3. The maximum Gasteiger partial charge on any atom is 0.160 e. The normalized spacial score (nSPS) is 11.5. The fraction of sp³-hybridized carbons (Fsp3) is 0. The monoisotopic (exact) mass is 590 g/mol. The van der Waals surface area contributed by atoms with Crippen LogP contribution in [0, 0.1) is 0 Å². The Morgan fingerprint density at radius 3 is 1.85 bits per heavy atom. The fourth-order valence-electron chi connectivity index (χ4n) is 6.16. The molecule has 216 valence electrons. The van der Waals surface area contributed by atoms with Gasteiger partial charge in [-0.3, -0.25) is 0 Å². The summed E-state index contributed by atoms with van der Waals surface area (Å²) in [7, 11) is 0. The van der Waals surface area contributed by atoms with Crippen molar-refractivity contribution in [3.8, 4) is 56.4 Å². The number of benzene rings is 6. The third-order valence-electron chi connectivity index (χ3n) is 8.52. The Balaban J connectivity index is 1.17. The zero-order valence-corrected chi connectivity index (χ0v) is 24.7. The summed E-state index contributed by atoms with van der Waals surface area (Å²) in [5.41, 5.74) is 10.5. The van der Waals surface area contributed by atoms with Gasteiger partial charge in [0.1, 0.15) is 22.5 Å². The van der Waals surface area contributed by atoms with E-state index >= 15 is 0 Å². The second-order valence-electron chi connectivity index (χ2n) is 11.4. The number of rotatable bonds is 5. The summed E-state index contributed by atoms with van der Waals surface area (Å²) in [5, 5.41) is 3.26. The van der Waals surface area contributed by atoms with Crippen LogP contribution in [0.5, 0.6) is 0 Å². The van der Waals surface area contributed by atoms with Crippen molar-refractivity contribution in [2.24, 2.45) is 0 Å². The van der Waals surface area contributed by atoms with Crippen LogP contribution in [-0.4, -0.2) is 9.97 Å². The van der Waals surface area contributed by atoms with Crippen LogP contribution in [0.1, 0.15) is 0 Å². The van der Waals surface area contributed by atoms with Crippen LogP contribution >= 0.6 is 0 Å². The SMILES string of the molecule is c1ccc(-c2cccc(-c3cc(-c4ccc(-c5cc6ccccc6o5)cc4)nc(-c4ccc5c(c4)oc4ccccc45)n3)c2)cc1. The molecule has 0 bridgehead atoms. The first-order valence-electron chi connectivity index (χ1n) is 15.3. The molecular weight excluding hydrogens is 564 g/mol. The Morgan fingerprint density at radius 2 is 1.00 bits per heavy atom. The number of aromatic nitrogens is 2. The first kappa shape index (κ1) is 26.2. The first-order chi connectivity index (χ1) is 22.7. The Hall–Kier alpha value is -6.26. The van der Waals surface area contributed by atoms with E-state index in [0.717, 1.165) is 83.4 Å². The number of hydrogen-bond donors (Lipinski definition) is 0. The molecule has 3 aromatic heterocycles. The summed E-state index contributed by atoms with van der Waals surface area (Å²) >= 11 is 0. The molecule has 9 rings (SSSR count). The average Bonchev–Trinajstić information content (AvgIpc) is 3.73. The molecule has 0 spiro atoms. The maximum absolute atomic E-state index is 6.22. The molecule has 0 unspecified atom stereocenters. The second-order valence-corrected chi connectivity index (χ2v) is 11.4. The molecule has 0 saturated heterocycles. The minimum Gasteiger partial charge on any atom is -0.456 e. The van der Waals surface area contributed by atoms with Gasteiger partial charge in [0.25, 0.3) is 0 Å². The molecule has 4 heteroatoms. The van der Waals surface area contributed by atoms with Crippen molar-refractivity contribution in [2.45, 2.75) is 0 Å². The Bertz CT molecular complexity index is 2490. The predicted molar refractivity (Wildman–Crippen MR) is 186 cm³/mol. The Labute approximate surface area is 265 Å². The summed E-state index contributed by atoms with van der Waals surface area (Å²) in [5.74, 6) is 1.48. The van der Waals surface area contributed by atoms with E-state index in [-0.39, 0.29) is 0 Å². The minimum atomic E-state index is 0.640. The van der Waals surface area contributed by atoms with Crippen molar-refractivity contribution in [3.63, 3.8) is 0 Å². The molecular formula is C42H26N2O2. The highest BCUT2D eigenvalue weighted by molar-refractivity contribution is 6.05. The molecule has 0 N–H and O–H groups in total. The lowest BCUT2D eigenvalue weighted by molar-refractivity contribution is 0.631. The molecule has 0 aliphatic rings. The number of furan rings is 2. The zero-order chi connectivity index (χ0) is 30.5. The van der Waals surface area contributed by atoms with E-state index in [2.05, 4.69) is 109 Å². The molecule has 0 radical (unpaired) electrons. The van der Waals surface area contributed by atoms with Gasteiger partial charge in [0.15, 0.2) is 5.82 Å². The molecule has 0 aliphatic heterocycles. The van der Waals surface area contributed by atoms with Crippen LogP contribution in [0.3, 0.4) is 0 Å². The lowest BCUT2D eigenvalue weighted by Gasteiger charge is -2.11. The number of para-hydroxylation sites is 2. The van der Waals surface area contributed by atoms with Gasteiger partial charge >= 0.3 is 0 Å². The van der Waals surface area contributed by atoms with Crippen molar-refractivity contribution < 1.29 is 8.83 Å². The number of hydrogen-bond acceptors (Lipinski definition) is 4. The minimum absolute atomic E-state index is 0.640. The summed E-state index contributed by atoms with van der Waals surface area (Å²) in [6.45, 7) is 0. The van der Waals surface area contributed by atoms with Gasteiger partial charge in [-0.15, -0.1) is 0 Å². The molecule has 0 amide bonds. The lowest BCUT2D eigenvalue weighted by atomic mass is 10.00. The van der Waals surface area contributed by atoms with Crippen LogP contribution in [0.4, 0.5) is 0 Å². The summed E-state index contributed by atoms with van der Waals surface area (Å²) in [4.78, 5) is 10.2. The van der Waals surface area contributed by atoms with Gasteiger partial charge in [0.2, 0.25) is 0 Å². The van der Waals surface area contributed by atoms with Gasteiger partial charge in [0.05, 0.1) is 11.4 Å². The van der Waals surface area contributed by atoms with Crippen molar-refractivity contribution in [1.82, 2.24) is 9.97 Å². The first-order valence-corrected chi connectivity index (χ1v) is 15.3. The molecule has 6 aromatic carbocycles. The van der Waals surface area contributed by atoms with E-state index in [9.17, 15) is 0 Å². The smallest absolute Gasteiger partial charge is 0.160 e. The van der Waals surface area contributed by atoms with E-state index < -0.39 is 0 Å². The molecule has 0 atom stereocenters. The Morgan fingerprint density at radius 1 is 0.348 bits per heavy atom. The molecule has 46 heavy (non-hydrogen) atoms. The van der Waals surface area contributed by atoms with Crippen molar-refractivity contribution in [1.29, 1.82) is 0 Å². The van der Waals surface area contributed by atoms with Crippen molar-refractivity contribution >= 4 is 32.9 Å². The van der Waals surface area contributed by atoms with Gasteiger partial charge in [-0.25, -0.2) is 9.97 Å². The molecule has 0 aliphatic carbocycles. The van der Waals surface area contributed by atoms with E-state index in [4.69, 9.17) is 18.8 Å². The van der Waals surface area contributed by atoms with E-state index in [1.54, 1.807) is 0 Å². The lowest BCUT2D eigenvalue weighted by Crippen LogP contribution is -1.96. The molecule has 0 saturated carbocycles. The molecule has 0 fully saturated rings. The van der Waals surface area contributed by atoms with Crippen LogP contribution in [0.2, 0.25) is 0 Å². The quantitative estimate of drug-likeness (QED) is 0.200. The predicted octanol–water partition coefficient (Wildman–Crippen LogP) is 11.5. The van der Waals surface area contributed by atoms with Crippen LogP contribution in [0.15, 0.2) is 167 Å². The standard InChI is InChI=1S/C42H26N2O2/c1-2-9-27(10-3-1)30-12-8-13-31(23-30)37-26-36(28-17-19-29(20-18-28)40-24-32-11-4-6-15-38(32)45-40)43-42(44-37)33-21-22-35-34-14-5-7-16-39(34)46-41(35)25-33/h1-26H. The van der Waals surface area contributed by atoms with Gasteiger partial charge in [-0.1, -0.05) is 115 Å². The van der Waals surface area contributed by atoms with Gasteiger partial charge < -0.3 is 8.83 Å². The zero-order valence-electron chi connectivity index (χ0n) is 24.7. The molecule has 9 aromatic rings. The summed E-state index contributed by atoms with van der Waals surface area (Å²) in [6, 6.07) is 53.9. The van der Waals surface area contributed by atoms with E-state index in [1.165, 1.54) is 0 Å². The highest BCUT2D eigenvalue weighted by atomic mass is 16.3. The Kier molecular flexibility index (Phi) is 6.10. The topological polar surface area (TPSA) is 52.1 Å². The number of nitrogens with zero attached hydrogens (tertiary/aromatic N) is 2. The second kappa shape index (κ2) is 10.7. The van der Waals surface area contributed by atoms with Crippen LogP contribution < -0.4 is 0 Å². The maximum atomic E-state index is 6.22. The van der Waals surface area contributed by atoms with Gasteiger partial charge in [-0.05, 0) is 53.6 Å².